The van der Waals surface area contributed by atoms with Gasteiger partial charge in [0.15, 0.2) is 11.5 Å². The molecule has 2 N–H and O–H groups in total. The van der Waals surface area contributed by atoms with Crippen LogP contribution in [0.4, 0.5) is 0 Å². The third-order valence-corrected chi connectivity index (χ3v) is 3.72. The first kappa shape index (κ1) is 17.2. The van der Waals surface area contributed by atoms with Gasteiger partial charge < -0.3 is 14.4 Å². The molecule has 2 aromatic carbocycles. The third-order valence-electron chi connectivity index (χ3n) is 3.72. The van der Waals surface area contributed by atoms with Gasteiger partial charge in [-0.3, -0.25) is 4.79 Å². The first-order valence-corrected chi connectivity index (χ1v) is 7.82. The summed E-state index contributed by atoms with van der Waals surface area (Å²) in [4.78, 5) is 12.5. The highest BCUT2D eigenvalue weighted by atomic mass is 16.5. The molecule has 0 aliphatic heterocycles. The third kappa shape index (κ3) is 3.56. The maximum Gasteiger partial charge on any atom is 0.277 e. The van der Waals surface area contributed by atoms with Crippen molar-refractivity contribution in [2.45, 2.75) is 6.92 Å². The minimum Gasteiger partial charge on any atom is -0.504 e. The zero-order chi connectivity index (χ0) is 18.5. The Balaban J connectivity index is 1.78. The Labute approximate surface area is 149 Å². The number of carbonyl (C=O) groups excluding carboxylic acids is 1. The number of nitrogens with zero attached hydrogens (tertiary/aromatic N) is 2. The molecule has 0 unspecified atom stereocenters. The van der Waals surface area contributed by atoms with Crippen LogP contribution < -0.4 is 10.2 Å². The van der Waals surface area contributed by atoms with Crippen molar-refractivity contribution < 1.29 is 19.2 Å². The number of phenolic OH excluding ortho intramolecular Hbond substituents is 1. The van der Waals surface area contributed by atoms with Crippen LogP contribution in [0, 0.1) is 6.92 Å². The number of benzene rings is 2. The molecule has 1 aromatic heterocycles. The number of phenols is 1. The van der Waals surface area contributed by atoms with Crippen molar-refractivity contribution in [1.82, 2.24) is 10.6 Å². The van der Waals surface area contributed by atoms with Crippen molar-refractivity contribution in [3.05, 3.63) is 65.4 Å². The van der Waals surface area contributed by atoms with Gasteiger partial charge in [0.05, 0.1) is 13.3 Å². The number of carbonyl (C=O) groups is 1. The first-order chi connectivity index (χ1) is 12.6. The molecule has 3 aromatic rings. The van der Waals surface area contributed by atoms with Gasteiger partial charge in [-0.15, -0.1) is 0 Å². The summed E-state index contributed by atoms with van der Waals surface area (Å²) in [5.74, 6) is 0.329. The Morgan fingerprint density at radius 3 is 2.77 bits per heavy atom. The van der Waals surface area contributed by atoms with Gasteiger partial charge in [0.2, 0.25) is 0 Å². The maximum atomic E-state index is 12.5. The van der Waals surface area contributed by atoms with Crippen molar-refractivity contribution >= 4 is 12.1 Å². The number of aromatic hydroxyl groups is 1. The Bertz CT molecular complexity index is 949. The second-order valence-electron chi connectivity index (χ2n) is 5.46. The van der Waals surface area contributed by atoms with Gasteiger partial charge >= 0.3 is 0 Å². The number of nitrogens with one attached hydrogen (secondary N) is 1. The number of rotatable bonds is 5. The molecule has 1 heterocycles. The van der Waals surface area contributed by atoms with E-state index in [1.54, 1.807) is 19.1 Å². The van der Waals surface area contributed by atoms with Crippen molar-refractivity contribution in [2.75, 3.05) is 7.11 Å². The SMILES string of the molecule is COc1cc(/C=N\NC(=O)c2c(-c3ccccc3)noc2C)ccc1O. The molecule has 132 valence electrons. The van der Waals surface area contributed by atoms with Crippen LogP contribution in [0.15, 0.2) is 58.2 Å². The lowest BCUT2D eigenvalue weighted by molar-refractivity contribution is 0.0954. The van der Waals surface area contributed by atoms with E-state index in [9.17, 15) is 9.90 Å². The Kier molecular flexibility index (Phi) is 4.98. The van der Waals surface area contributed by atoms with Crippen LogP contribution >= 0.6 is 0 Å². The number of amides is 1. The van der Waals surface area contributed by atoms with Crippen LogP contribution in [0.2, 0.25) is 0 Å². The van der Waals surface area contributed by atoms with Gasteiger partial charge in [-0.2, -0.15) is 5.10 Å². The van der Waals surface area contributed by atoms with E-state index >= 15 is 0 Å². The van der Waals surface area contributed by atoms with E-state index in [1.165, 1.54) is 19.4 Å². The van der Waals surface area contributed by atoms with Crippen LogP contribution in [0.5, 0.6) is 11.5 Å². The van der Waals surface area contributed by atoms with Crippen LogP contribution in [-0.2, 0) is 0 Å². The zero-order valence-corrected chi connectivity index (χ0v) is 14.3. The van der Waals surface area contributed by atoms with E-state index in [0.717, 1.165) is 5.56 Å². The highest BCUT2D eigenvalue weighted by molar-refractivity contribution is 6.01. The summed E-state index contributed by atoms with van der Waals surface area (Å²) in [6.45, 7) is 1.67. The van der Waals surface area contributed by atoms with Gasteiger partial charge in [-0.1, -0.05) is 35.5 Å². The lowest BCUT2D eigenvalue weighted by Gasteiger charge is -2.04. The van der Waals surface area contributed by atoms with Gasteiger partial charge in [0, 0.05) is 5.56 Å². The zero-order valence-electron chi connectivity index (χ0n) is 14.3. The molecule has 0 aliphatic carbocycles. The summed E-state index contributed by atoms with van der Waals surface area (Å²) in [6.07, 6.45) is 1.45. The minimum absolute atomic E-state index is 0.0290. The summed E-state index contributed by atoms with van der Waals surface area (Å²) in [5.41, 5.74) is 4.69. The van der Waals surface area contributed by atoms with Crippen molar-refractivity contribution in [3.63, 3.8) is 0 Å². The predicted octanol–water partition coefficient (Wildman–Crippen LogP) is 3.13. The van der Waals surface area contributed by atoms with Gasteiger partial charge in [-0.25, -0.2) is 5.43 Å². The fraction of sp³-hybridized carbons (Fsp3) is 0.105. The molecule has 0 spiro atoms. The fourth-order valence-electron chi connectivity index (χ4n) is 2.43. The normalized spacial score (nSPS) is 10.8. The van der Waals surface area contributed by atoms with Crippen LogP contribution in [-0.4, -0.2) is 29.5 Å². The molecule has 7 heteroatoms. The van der Waals surface area contributed by atoms with E-state index < -0.39 is 5.91 Å². The van der Waals surface area contributed by atoms with Crippen molar-refractivity contribution in [2.24, 2.45) is 5.10 Å². The molecule has 0 bridgehead atoms. The molecule has 0 fully saturated rings. The maximum absolute atomic E-state index is 12.5. The average Bonchev–Trinajstić information content (AvgIpc) is 3.05. The quantitative estimate of drug-likeness (QED) is 0.544. The first-order valence-electron chi connectivity index (χ1n) is 7.82. The molecule has 0 saturated carbocycles. The molecular weight excluding hydrogens is 334 g/mol. The molecule has 7 nitrogen and oxygen atoms in total. The topological polar surface area (TPSA) is 97.0 Å². The number of hydrazone groups is 1. The second kappa shape index (κ2) is 7.52. The van der Waals surface area contributed by atoms with E-state index in [1.807, 2.05) is 30.3 Å². The molecule has 0 saturated heterocycles. The largest absolute Gasteiger partial charge is 0.504 e. The van der Waals surface area contributed by atoms with Crippen LogP contribution in [0.3, 0.4) is 0 Å². The average molecular weight is 351 g/mol. The highest BCUT2D eigenvalue weighted by Crippen LogP contribution is 2.26. The van der Waals surface area contributed by atoms with Crippen LogP contribution in [0.25, 0.3) is 11.3 Å². The molecule has 0 atom stereocenters. The fourth-order valence-corrected chi connectivity index (χ4v) is 2.43. The molecule has 0 aliphatic rings. The lowest BCUT2D eigenvalue weighted by atomic mass is 10.1. The number of aromatic nitrogens is 1. The summed E-state index contributed by atoms with van der Waals surface area (Å²) >= 11 is 0. The van der Waals surface area contributed by atoms with Crippen LogP contribution in [0.1, 0.15) is 21.7 Å². The summed E-state index contributed by atoms with van der Waals surface area (Å²) < 4.78 is 10.2. The Morgan fingerprint density at radius 2 is 2.04 bits per heavy atom. The Hall–Kier alpha value is -3.61. The molecular formula is C19H17N3O4. The smallest absolute Gasteiger partial charge is 0.277 e. The number of methoxy groups -OCH3 is 1. The Morgan fingerprint density at radius 1 is 1.27 bits per heavy atom. The van der Waals surface area contributed by atoms with Gasteiger partial charge in [0.25, 0.3) is 5.91 Å². The molecule has 26 heavy (non-hydrogen) atoms. The number of ether oxygens (including phenoxy) is 1. The monoisotopic (exact) mass is 351 g/mol. The minimum atomic E-state index is -0.426. The van der Waals surface area contributed by atoms with Gasteiger partial charge in [0.1, 0.15) is 17.0 Å². The van der Waals surface area contributed by atoms with Crippen molar-refractivity contribution in [3.8, 4) is 22.8 Å². The van der Waals surface area contributed by atoms with Gasteiger partial charge in [-0.05, 0) is 30.7 Å². The molecule has 0 radical (unpaired) electrons. The molecule has 1 amide bonds. The van der Waals surface area contributed by atoms with E-state index in [0.29, 0.717) is 28.3 Å². The summed E-state index contributed by atoms with van der Waals surface area (Å²) in [6, 6.07) is 14.0. The summed E-state index contributed by atoms with van der Waals surface area (Å²) in [5, 5.41) is 17.5. The number of hydrogen-bond donors (Lipinski definition) is 2. The standard InChI is InChI=1S/C19H17N3O4/c1-12-17(18(22-26-12)14-6-4-3-5-7-14)19(24)21-20-11-13-8-9-15(23)16(10-13)25-2/h3-11,23H,1-2H3,(H,21,24)/b20-11-. The van der Waals surface area contributed by atoms with Crippen molar-refractivity contribution in [1.29, 1.82) is 0 Å². The van der Waals surface area contributed by atoms with E-state index in [2.05, 4.69) is 15.7 Å². The second-order valence-corrected chi connectivity index (χ2v) is 5.46. The summed E-state index contributed by atoms with van der Waals surface area (Å²) in [7, 11) is 1.46. The number of hydrogen-bond acceptors (Lipinski definition) is 6. The van der Waals surface area contributed by atoms with E-state index in [-0.39, 0.29) is 5.75 Å². The number of aryl methyl sites for hydroxylation is 1. The molecule has 3 rings (SSSR count). The highest BCUT2D eigenvalue weighted by Gasteiger charge is 2.21. The predicted molar refractivity (Wildman–Crippen MR) is 96.4 cm³/mol. The lowest BCUT2D eigenvalue weighted by Crippen LogP contribution is -2.18. The van der Waals surface area contributed by atoms with E-state index in [4.69, 9.17) is 9.26 Å².